The van der Waals surface area contributed by atoms with E-state index in [1.165, 1.54) is 13.2 Å². The van der Waals surface area contributed by atoms with Crippen LogP contribution < -0.4 is 0 Å². The van der Waals surface area contributed by atoms with Gasteiger partial charge in [-0.15, -0.1) is 0 Å². The fourth-order valence-electron chi connectivity index (χ4n) is 1.87. The van der Waals surface area contributed by atoms with Gasteiger partial charge in [0.15, 0.2) is 17.3 Å². The van der Waals surface area contributed by atoms with Crippen molar-refractivity contribution in [1.82, 2.24) is 4.98 Å². The summed E-state index contributed by atoms with van der Waals surface area (Å²) in [7, 11) is 1.24. The van der Waals surface area contributed by atoms with Crippen molar-refractivity contribution in [1.29, 1.82) is 0 Å². The minimum atomic E-state index is -1.00. The van der Waals surface area contributed by atoms with Gasteiger partial charge in [0, 0.05) is 12.0 Å². The topological polar surface area (TPSA) is 52.3 Å². The fourth-order valence-corrected chi connectivity index (χ4v) is 1.87. The van der Waals surface area contributed by atoms with Crippen LogP contribution in [0.15, 0.2) is 22.6 Å². The number of hydrogen-bond acceptors (Lipinski definition) is 4. The van der Waals surface area contributed by atoms with Crippen molar-refractivity contribution < 1.29 is 22.7 Å². The molecule has 0 amide bonds. The first-order valence-electron chi connectivity index (χ1n) is 6.45. The summed E-state index contributed by atoms with van der Waals surface area (Å²) in [5.74, 6) is -1.92. The molecular weight excluding hydrogens is 280 g/mol. The van der Waals surface area contributed by atoms with E-state index in [2.05, 4.69) is 9.72 Å². The van der Waals surface area contributed by atoms with Crippen LogP contribution in [0.4, 0.5) is 8.78 Å². The number of oxazole rings is 1. The van der Waals surface area contributed by atoms with Crippen molar-refractivity contribution >= 4 is 5.97 Å². The van der Waals surface area contributed by atoms with Gasteiger partial charge in [-0.25, -0.2) is 18.6 Å². The average Bonchev–Trinajstić information content (AvgIpc) is 2.84. The van der Waals surface area contributed by atoms with Gasteiger partial charge in [0.2, 0.25) is 5.89 Å². The molecule has 1 aromatic heterocycles. The molecule has 112 valence electrons. The monoisotopic (exact) mass is 295 g/mol. The van der Waals surface area contributed by atoms with Crippen LogP contribution in [0.3, 0.4) is 0 Å². The zero-order valence-electron chi connectivity index (χ0n) is 11.9. The largest absolute Gasteiger partial charge is 0.464 e. The summed E-state index contributed by atoms with van der Waals surface area (Å²) in [5.41, 5.74) is 0.319. The summed E-state index contributed by atoms with van der Waals surface area (Å²) < 4.78 is 36.4. The normalized spacial score (nSPS) is 11.0. The summed E-state index contributed by atoms with van der Waals surface area (Å²) >= 11 is 0. The number of aromatic nitrogens is 1. The van der Waals surface area contributed by atoms with E-state index in [-0.39, 0.29) is 23.1 Å². The third-order valence-electron chi connectivity index (χ3n) is 2.84. The number of carbonyl (C=O) groups is 1. The molecule has 21 heavy (non-hydrogen) atoms. The van der Waals surface area contributed by atoms with Crippen molar-refractivity contribution in [3.63, 3.8) is 0 Å². The molecule has 0 saturated carbocycles. The Labute approximate surface area is 120 Å². The van der Waals surface area contributed by atoms with E-state index in [0.29, 0.717) is 12.2 Å². The van der Waals surface area contributed by atoms with Gasteiger partial charge in [-0.1, -0.05) is 13.8 Å². The number of hydrogen-bond donors (Lipinski definition) is 0. The van der Waals surface area contributed by atoms with Gasteiger partial charge < -0.3 is 9.15 Å². The second-order valence-electron chi connectivity index (χ2n) is 5.01. The average molecular weight is 295 g/mol. The summed E-state index contributed by atoms with van der Waals surface area (Å²) in [5, 5.41) is 0. The lowest BCUT2D eigenvalue weighted by Gasteiger charge is -2.02. The number of rotatable bonds is 4. The Balaban J connectivity index is 2.47. The highest BCUT2D eigenvalue weighted by Crippen LogP contribution is 2.25. The Bertz CT molecular complexity index is 665. The van der Waals surface area contributed by atoms with Crippen LogP contribution in [0.25, 0.3) is 11.5 Å². The number of ether oxygens (including phenoxy) is 1. The first-order valence-corrected chi connectivity index (χ1v) is 6.45. The first-order chi connectivity index (χ1) is 9.92. The van der Waals surface area contributed by atoms with Crippen LogP contribution in [0.1, 0.15) is 30.1 Å². The number of esters is 1. The predicted molar refractivity (Wildman–Crippen MR) is 71.7 cm³/mol. The molecule has 0 saturated heterocycles. The molecule has 0 unspecified atom stereocenters. The maximum atomic E-state index is 13.3. The molecule has 1 heterocycles. The highest BCUT2D eigenvalue weighted by atomic mass is 19.2. The van der Waals surface area contributed by atoms with Crippen LogP contribution in [0.2, 0.25) is 0 Å². The van der Waals surface area contributed by atoms with Gasteiger partial charge in [0.25, 0.3) is 0 Å². The van der Waals surface area contributed by atoms with E-state index in [4.69, 9.17) is 4.42 Å². The van der Waals surface area contributed by atoms with E-state index >= 15 is 0 Å². The minimum absolute atomic E-state index is 0.0601. The fraction of sp³-hybridized carbons (Fsp3) is 0.333. The number of methoxy groups -OCH3 is 1. The Morgan fingerprint density at radius 2 is 2.05 bits per heavy atom. The highest BCUT2D eigenvalue weighted by Gasteiger charge is 2.22. The van der Waals surface area contributed by atoms with Crippen LogP contribution in [0, 0.1) is 17.6 Å². The lowest BCUT2D eigenvalue weighted by atomic mass is 10.1. The van der Waals surface area contributed by atoms with E-state index in [1.807, 2.05) is 13.8 Å². The quantitative estimate of drug-likeness (QED) is 0.809. The van der Waals surface area contributed by atoms with Crippen molar-refractivity contribution in [2.45, 2.75) is 20.3 Å². The Kier molecular flexibility index (Phi) is 4.35. The van der Waals surface area contributed by atoms with Gasteiger partial charge >= 0.3 is 5.97 Å². The van der Waals surface area contributed by atoms with Crippen LogP contribution in [-0.2, 0) is 11.2 Å². The van der Waals surface area contributed by atoms with Crippen LogP contribution >= 0.6 is 0 Å². The maximum Gasteiger partial charge on any atom is 0.360 e. The predicted octanol–water partition coefficient (Wildman–Crippen LogP) is 3.60. The molecule has 1 aromatic carbocycles. The van der Waals surface area contributed by atoms with Gasteiger partial charge in [-0.3, -0.25) is 0 Å². The molecule has 4 nitrogen and oxygen atoms in total. The highest BCUT2D eigenvalue weighted by molar-refractivity contribution is 5.88. The van der Waals surface area contributed by atoms with Gasteiger partial charge in [0.1, 0.15) is 5.76 Å². The van der Waals surface area contributed by atoms with Crippen LogP contribution in [-0.4, -0.2) is 18.1 Å². The smallest absolute Gasteiger partial charge is 0.360 e. The molecule has 0 spiro atoms. The third kappa shape index (κ3) is 3.26. The molecule has 2 aromatic rings. The number of carbonyl (C=O) groups excluding carboxylic acids is 1. The van der Waals surface area contributed by atoms with Gasteiger partial charge in [-0.2, -0.15) is 0 Å². The van der Waals surface area contributed by atoms with Crippen LogP contribution in [0.5, 0.6) is 0 Å². The zero-order chi connectivity index (χ0) is 15.6. The SMILES string of the molecule is COC(=O)c1nc(-c2ccc(F)c(F)c2)oc1CC(C)C. The second-order valence-corrected chi connectivity index (χ2v) is 5.01. The molecule has 0 atom stereocenters. The molecule has 0 bridgehead atoms. The van der Waals surface area contributed by atoms with E-state index in [1.54, 1.807) is 0 Å². The summed E-state index contributed by atoms with van der Waals surface area (Å²) in [6.07, 6.45) is 0.487. The van der Waals surface area contributed by atoms with Crippen molar-refractivity contribution in [3.8, 4) is 11.5 Å². The summed E-state index contributed by atoms with van der Waals surface area (Å²) in [6.45, 7) is 3.92. The van der Waals surface area contributed by atoms with Crippen molar-refractivity contribution in [2.75, 3.05) is 7.11 Å². The van der Waals surface area contributed by atoms with Gasteiger partial charge in [-0.05, 0) is 24.1 Å². The molecule has 0 aliphatic heterocycles. The lowest BCUT2D eigenvalue weighted by molar-refractivity contribution is 0.0592. The molecule has 0 radical (unpaired) electrons. The number of halogens is 2. The molecule has 2 rings (SSSR count). The first kappa shape index (κ1) is 15.2. The van der Waals surface area contributed by atoms with E-state index < -0.39 is 17.6 Å². The second kappa shape index (κ2) is 6.03. The zero-order valence-corrected chi connectivity index (χ0v) is 11.9. The molecule has 0 aliphatic carbocycles. The Hall–Kier alpha value is -2.24. The number of nitrogens with zero attached hydrogens (tertiary/aromatic N) is 1. The molecule has 0 aliphatic rings. The Morgan fingerprint density at radius 3 is 2.62 bits per heavy atom. The van der Waals surface area contributed by atoms with E-state index in [0.717, 1.165) is 12.1 Å². The Morgan fingerprint density at radius 1 is 1.33 bits per heavy atom. The van der Waals surface area contributed by atoms with Gasteiger partial charge in [0.05, 0.1) is 7.11 Å². The van der Waals surface area contributed by atoms with Crippen molar-refractivity contribution in [3.05, 3.63) is 41.3 Å². The molecule has 0 fully saturated rings. The molecule has 0 N–H and O–H groups in total. The number of benzene rings is 1. The molecule has 6 heteroatoms. The summed E-state index contributed by atoms with van der Waals surface area (Å²) in [4.78, 5) is 15.7. The standard InChI is InChI=1S/C15H15F2NO3/c1-8(2)6-12-13(15(19)20-3)18-14(21-12)9-4-5-10(16)11(17)7-9/h4-5,7-8H,6H2,1-3H3. The van der Waals surface area contributed by atoms with Crippen molar-refractivity contribution in [2.24, 2.45) is 5.92 Å². The minimum Gasteiger partial charge on any atom is -0.464 e. The summed E-state index contributed by atoms with van der Waals surface area (Å²) in [6, 6.07) is 3.29. The lowest BCUT2D eigenvalue weighted by Crippen LogP contribution is -2.06. The molecular formula is C15H15F2NO3. The maximum absolute atomic E-state index is 13.3. The van der Waals surface area contributed by atoms with E-state index in [9.17, 15) is 13.6 Å². The third-order valence-corrected chi connectivity index (χ3v) is 2.84.